The number of allylic oxidation sites excluding steroid dienone is 1. The van der Waals surface area contributed by atoms with Gasteiger partial charge >= 0.3 is 12.1 Å². The molecule has 6 heteroatoms. The van der Waals surface area contributed by atoms with Crippen molar-refractivity contribution in [1.82, 2.24) is 4.90 Å². The van der Waals surface area contributed by atoms with Crippen molar-refractivity contribution in [2.45, 2.75) is 44.4 Å². The van der Waals surface area contributed by atoms with E-state index >= 15 is 0 Å². The molecule has 0 radical (unpaired) electrons. The molecular weight excluding hydrogens is 305 g/mol. The van der Waals surface area contributed by atoms with Crippen LogP contribution in [0.25, 0.3) is 0 Å². The van der Waals surface area contributed by atoms with Crippen molar-refractivity contribution in [3.63, 3.8) is 0 Å². The number of amides is 1. The predicted molar refractivity (Wildman–Crippen MR) is 79.0 cm³/mol. The van der Waals surface area contributed by atoms with Crippen LogP contribution in [0.5, 0.6) is 0 Å². The van der Waals surface area contributed by atoms with Gasteiger partial charge in [0.1, 0.15) is 6.04 Å². The van der Waals surface area contributed by atoms with E-state index in [4.69, 9.17) is 0 Å². The molecule has 0 bridgehead atoms. The number of nitrogens with zero attached hydrogens (tertiary/aromatic N) is 2. The van der Waals surface area contributed by atoms with E-state index in [0.29, 0.717) is 22.5 Å². The van der Waals surface area contributed by atoms with E-state index in [0.717, 1.165) is 19.3 Å². The van der Waals surface area contributed by atoms with E-state index in [1.807, 2.05) is 6.07 Å². The topological polar surface area (TPSA) is 44.1 Å². The van der Waals surface area contributed by atoms with Crippen LogP contribution < -0.4 is 0 Å². The zero-order chi connectivity index (χ0) is 16.9. The van der Waals surface area contributed by atoms with Crippen molar-refractivity contribution in [2.24, 2.45) is 0 Å². The summed E-state index contributed by atoms with van der Waals surface area (Å²) >= 11 is 0. The van der Waals surface area contributed by atoms with E-state index < -0.39 is 18.1 Å². The molecule has 0 fully saturated rings. The first-order valence-electron chi connectivity index (χ1n) is 7.43. The number of rotatable bonds is 4. The molecule has 1 aliphatic carbocycles. The number of halogens is 3. The number of benzene rings is 1. The van der Waals surface area contributed by atoms with Crippen molar-refractivity contribution in [3.05, 3.63) is 47.5 Å². The second-order valence-corrected chi connectivity index (χ2v) is 5.47. The summed E-state index contributed by atoms with van der Waals surface area (Å²) in [6.45, 7) is -0.241. The van der Waals surface area contributed by atoms with Gasteiger partial charge in [0.25, 0.3) is 0 Å². The minimum atomic E-state index is -5.00. The van der Waals surface area contributed by atoms with Crippen LogP contribution in [0.1, 0.15) is 31.2 Å². The van der Waals surface area contributed by atoms with Crippen LogP contribution >= 0.6 is 0 Å². The zero-order valence-corrected chi connectivity index (χ0v) is 12.5. The van der Waals surface area contributed by atoms with Crippen molar-refractivity contribution in [1.29, 1.82) is 5.26 Å². The lowest BCUT2D eigenvalue weighted by Gasteiger charge is -2.31. The lowest BCUT2D eigenvalue weighted by molar-refractivity contribution is -0.187. The van der Waals surface area contributed by atoms with Crippen LogP contribution in [0.4, 0.5) is 13.2 Å². The monoisotopic (exact) mass is 322 g/mol. The molecule has 122 valence electrons. The van der Waals surface area contributed by atoms with Crippen molar-refractivity contribution in [3.8, 4) is 6.07 Å². The molecule has 1 aromatic carbocycles. The Labute approximate surface area is 133 Å². The molecule has 0 saturated heterocycles. The summed E-state index contributed by atoms with van der Waals surface area (Å²) in [5, 5.41) is 9.39. The molecule has 1 atom stereocenters. The number of carbonyl (C=O) groups is 1. The number of hydrogen-bond acceptors (Lipinski definition) is 2. The maximum absolute atomic E-state index is 12.9. The first-order chi connectivity index (χ1) is 10.9. The molecule has 0 N–H and O–H groups in total. The Morgan fingerprint density at radius 1 is 1.26 bits per heavy atom. The summed E-state index contributed by atoms with van der Waals surface area (Å²) in [5.41, 5.74) is 1.16. The number of alkyl halides is 3. The molecule has 0 aliphatic heterocycles. The normalized spacial score (nSPS) is 16.2. The van der Waals surface area contributed by atoms with Gasteiger partial charge in [-0.3, -0.25) is 4.79 Å². The van der Waals surface area contributed by atoms with Gasteiger partial charge in [-0.25, -0.2) is 0 Å². The molecule has 0 spiro atoms. The maximum atomic E-state index is 12.9. The molecule has 2 rings (SSSR count). The average Bonchev–Trinajstić information content (AvgIpc) is 2.55. The van der Waals surface area contributed by atoms with E-state index in [1.54, 1.807) is 36.4 Å². The third kappa shape index (κ3) is 4.35. The van der Waals surface area contributed by atoms with Gasteiger partial charge in [-0.05, 0) is 36.8 Å². The maximum Gasteiger partial charge on any atom is 0.471 e. The second-order valence-electron chi connectivity index (χ2n) is 5.47. The first kappa shape index (κ1) is 17.1. The SMILES string of the molecule is N#CC(C1=CCCCC1)N(Cc1ccccc1)C(=O)C(F)(F)F. The number of hydrogen-bond donors (Lipinski definition) is 0. The molecule has 1 aromatic rings. The smallest absolute Gasteiger partial charge is 0.311 e. The molecule has 23 heavy (non-hydrogen) atoms. The van der Waals surface area contributed by atoms with E-state index in [9.17, 15) is 23.2 Å². The van der Waals surface area contributed by atoms with Crippen LogP contribution in [-0.4, -0.2) is 23.0 Å². The molecule has 3 nitrogen and oxygen atoms in total. The van der Waals surface area contributed by atoms with E-state index in [-0.39, 0.29) is 6.54 Å². The van der Waals surface area contributed by atoms with Gasteiger partial charge in [-0.1, -0.05) is 36.4 Å². The van der Waals surface area contributed by atoms with Gasteiger partial charge < -0.3 is 4.90 Å². The van der Waals surface area contributed by atoms with Gasteiger partial charge in [0.2, 0.25) is 0 Å². The van der Waals surface area contributed by atoms with Gasteiger partial charge in [0.05, 0.1) is 6.07 Å². The lowest BCUT2D eigenvalue weighted by Crippen LogP contribution is -2.47. The summed E-state index contributed by atoms with van der Waals surface area (Å²) in [6.07, 6.45) is -0.156. The molecule has 1 amide bonds. The third-order valence-corrected chi connectivity index (χ3v) is 3.81. The largest absolute Gasteiger partial charge is 0.471 e. The summed E-state index contributed by atoms with van der Waals surface area (Å²) in [4.78, 5) is 12.5. The third-order valence-electron chi connectivity index (χ3n) is 3.81. The summed E-state index contributed by atoms with van der Waals surface area (Å²) in [7, 11) is 0. The molecule has 1 unspecified atom stereocenters. The fourth-order valence-electron chi connectivity index (χ4n) is 2.69. The zero-order valence-electron chi connectivity index (χ0n) is 12.5. The second kappa shape index (κ2) is 7.32. The van der Waals surface area contributed by atoms with Crippen LogP contribution in [0.3, 0.4) is 0 Å². The average molecular weight is 322 g/mol. The Balaban J connectivity index is 2.33. The Hall–Kier alpha value is -2.29. The minimum absolute atomic E-state index is 0.241. The minimum Gasteiger partial charge on any atom is -0.311 e. The van der Waals surface area contributed by atoms with E-state index in [2.05, 4.69) is 0 Å². The Morgan fingerprint density at radius 3 is 2.48 bits per heavy atom. The van der Waals surface area contributed by atoms with Crippen LogP contribution in [0, 0.1) is 11.3 Å². The number of nitriles is 1. The molecule has 1 aliphatic rings. The van der Waals surface area contributed by atoms with Crippen LogP contribution in [-0.2, 0) is 11.3 Å². The van der Waals surface area contributed by atoms with Crippen molar-refractivity contribution < 1.29 is 18.0 Å². The molecule has 0 heterocycles. The summed E-state index contributed by atoms with van der Waals surface area (Å²) in [6, 6.07) is 9.10. The molecule has 0 saturated carbocycles. The van der Waals surface area contributed by atoms with Gasteiger partial charge in [-0.2, -0.15) is 18.4 Å². The van der Waals surface area contributed by atoms with Gasteiger partial charge in [0, 0.05) is 6.54 Å². The fourth-order valence-corrected chi connectivity index (χ4v) is 2.69. The highest BCUT2D eigenvalue weighted by atomic mass is 19.4. The van der Waals surface area contributed by atoms with Crippen molar-refractivity contribution in [2.75, 3.05) is 0 Å². The standard InChI is InChI=1S/C17H17F3N2O/c18-17(19,20)16(23)22(12-13-7-3-1-4-8-13)15(11-21)14-9-5-2-6-10-14/h1,3-4,7-9,15H,2,5-6,10,12H2. The Bertz CT molecular complexity index is 617. The quantitative estimate of drug-likeness (QED) is 0.787. The lowest BCUT2D eigenvalue weighted by atomic mass is 9.93. The Morgan fingerprint density at radius 2 is 1.96 bits per heavy atom. The molecule has 0 aromatic heterocycles. The van der Waals surface area contributed by atoms with Crippen molar-refractivity contribution >= 4 is 5.91 Å². The first-order valence-corrected chi connectivity index (χ1v) is 7.43. The summed E-state index contributed by atoms with van der Waals surface area (Å²) < 4.78 is 38.8. The molecular formula is C17H17F3N2O. The number of carbonyl (C=O) groups excluding carboxylic acids is 1. The van der Waals surface area contributed by atoms with Gasteiger partial charge in [-0.15, -0.1) is 0 Å². The predicted octanol–water partition coefficient (Wildman–Crippen LogP) is 3.97. The van der Waals surface area contributed by atoms with E-state index in [1.165, 1.54) is 0 Å². The highest BCUT2D eigenvalue weighted by Gasteiger charge is 2.45. The Kier molecular flexibility index (Phi) is 5.43. The van der Waals surface area contributed by atoms with Gasteiger partial charge in [0.15, 0.2) is 0 Å². The van der Waals surface area contributed by atoms with Crippen LogP contribution in [0.15, 0.2) is 42.0 Å². The summed E-state index contributed by atoms with van der Waals surface area (Å²) in [5.74, 6) is -1.97. The highest BCUT2D eigenvalue weighted by Crippen LogP contribution is 2.28. The fraction of sp³-hybridized carbons (Fsp3) is 0.412. The van der Waals surface area contributed by atoms with Crippen LogP contribution in [0.2, 0.25) is 0 Å². The highest BCUT2D eigenvalue weighted by molar-refractivity contribution is 5.83.